The number of benzene rings is 1. The number of hydrogen-bond acceptors (Lipinski definition) is 3. The second-order valence-corrected chi connectivity index (χ2v) is 6.63. The molecule has 1 aromatic carbocycles. The van der Waals surface area contributed by atoms with Crippen molar-refractivity contribution >= 4 is 46.9 Å². The molecule has 5 nitrogen and oxygen atoms in total. The van der Waals surface area contributed by atoms with Gasteiger partial charge in [-0.1, -0.05) is 65.1 Å². The van der Waals surface area contributed by atoms with Gasteiger partial charge in [0.1, 0.15) is 6.61 Å². The van der Waals surface area contributed by atoms with Gasteiger partial charge in [0.05, 0.1) is 0 Å². The Morgan fingerprint density at radius 2 is 1.80 bits per heavy atom. The van der Waals surface area contributed by atoms with Gasteiger partial charge in [0.25, 0.3) is 0 Å². The molecule has 0 aliphatic carbocycles. The Morgan fingerprint density at radius 1 is 1.25 bits per heavy atom. The number of carboxylic acids is 1. The summed E-state index contributed by atoms with van der Waals surface area (Å²) in [5.41, 5.74) is -1.26. The van der Waals surface area contributed by atoms with Crippen molar-refractivity contribution in [1.29, 1.82) is 0 Å². The van der Waals surface area contributed by atoms with Crippen molar-refractivity contribution in [2.24, 2.45) is 0 Å². The van der Waals surface area contributed by atoms with E-state index in [-0.39, 0.29) is 0 Å². The predicted octanol–water partition coefficient (Wildman–Crippen LogP) is 3.08. The van der Waals surface area contributed by atoms with Gasteiger partial charge in [0, 0.05) is 0 Å². The highest BCUT2D eigenvalue weighted by atomic mass is 35.6. The predicted molar refractivity (Wildman–Crippen MR) is 76.2 cm³/mol. The minimum Gasteiger partial charge on any atom is -0.479 e. The third-order valence-corrected chi connectivity index (χ3v) is 2.83. The maximum atomic E-state index is 11.6. The van der Waals surface area contributed by atoms with Crippen LogP contribution in [0.1, 0.15) is 12.5 Å². The van der Waals surface area contributed by atoms with E-state index in [1.54, 1.807) is 30.3 Å². The number of halogens is 3. The summed E-state index contributed by atoms with van der Waals surface area (Å²) >= 11 is 16.3. The number of carboxylic acid groups (broad SMARTS) is 1. The molecule has 1 aromatic rings. The van der Waals surface area contributed by atoms with Crippen LogP contribution in [0.3, 0.4) is 0 Å². The molecule has 20 heavy (non-hydrogen) atoms. The Morgan fingerprint density at radius 3 is 2.25 bits per heavy atom. The maximum absolute atomic E-state index is 11.6. The van der Waals surface area contributed by atoms with E-state index >= 15 is 0 Å². The second kappa shape index (κ2) is 6.52. The van der Waals surface area contributed by atoms with Crippen LogP contribution in [-0.2, 0) is 15.1 Å². The summed E-state index contributed by atoms with van der Waals surface area (Å²) in [7, 11) is 0. The largest absolute Gasteiger partial charge is 0.479 e. The Labute approximate surface area is 130 Å². The van der Waals surface area contributed by atoms with Gasteiger partial charge in [-0.05, 0) is 12.5 Å². The van der Waals surface area contributed by atoms with E-state index in [2.05, 4.69) is 10.1 Å². The standard InChI is InChI=1S/C12H12Cl3NO4/c1-11(9(17)18,8-5-3-2-4-6-8)16-10(19)20-7-12(13,14)15/h2-6H,7H2,1H3,(H,16,19)(H,17,18)/t11-/m1/s1. The minimum atomic E-state index is -1.76. The fourth-order valence-electron chi connectivity index (χ4n) is 1.41. The summed E-state index contributed by atoms with van der Waals surface area (Å²) in [6.07, 6.45) is -0.995. The third-order valence-electron chi connectivity index (χ3n) is 2.50. The Hall–Kier alpha value is -1.17. The van der Waals surface area contributed by atoms with Crippen LogP contribution in [0.25, 0.3) is 0 Å². The molecule has 0 aliphatic heterocycles. The normalized spacial score (nSPS) is 14.2. The fourth-order valence-corrected chi connectivity index (χ4v) is 1.57. The van der Waals surface area contributed by atoms with E-state index in [9.17, 15) is 14.7 Å². The van der Waals surface area contributed by atoms with Crippen molar-refractivity contribution in [3.8, 4) is 0 Å². The molecular weight excluding hydrogens is 328 g/mol. The van der Waals surface area contributed by atoms with Gasteiger partial charge < -0.3 is 15.2 Å². The van der Waals surface area contributed by atoms with Crippen LogP contribution in [0.4, 0.5) is 4.79 Å². The number of aliphatic carboxylic acids is 1. The van der Waals surface area contributed by atoms with Crippen LogP contribution >= 0.6 is 34.8 Å². The summed E-state index contributed by atoms with van der Waals surface area (Å²) < 4.78 is 2.90. The minimum absolute atomic E-state index is 0.387. The molecule has 0 fully saturated rings. The zero-order valence-electron chi connectivity index (χ0n) is 10.4. The van der Waals surface area contributed by atoms with Crippen LogP contribution in [0, 0.1) is 0 Å². The highest BCUT2D eigenvalue weighted by molar-refractivity contribution is 6.67. The molecule has 0 unspecified atom stereocenters. The molecule has 1 atom stereocenters. The second-order valence-electron chi connectivity index (χ2n) is 4.11. The SMILES string of the molecule is C[C@](NC(=O)OCC(Cl)(Cl)Cl)(C(=O)O)c1ccccc1. The van der Waals surface area contributed by atoms with Gasteiger partial charge in [-0.2, -0.15) is 0 Å². The monoisotopic (exact) mass is 339 g/mol. The van der Waals surface area contributed by atoms with Crippen LogP contribution in [0.2, 0.25) is 0 Å². The molecular formula is C12H12Cl3NO4. The molecule has 0 spiro atoms. The zero-order chi connectivity index (χ0) is 15.4. The average molecular weight is 341 g/mol. The summed E-state index contributed by atoms with van der Waals surface area (Å²) in [6, 6.07) is 8.19. The number of rotatable bonds is 4. The molecule has 0 bridgehead atoms. The summed E-state index contributed by atoms with van der Waals surface area (Å²) in [5.74, 6) is -1.24. The molecule has 8 heteroatoms. The number of ether oxygens (including phenoxy) is 1. The fraction of sp³-hybridized carbons (Fsp3) is 0.333. The molecule has 0 saturated carbocycles. The first kappa shape index (κ1) is 16.9. The van der Waals surface area contributed by atoms with Crippen molar-refractivity contribution in [2.75, 3.05) is 6.61 Å². The maximum Gasteiger partial charge on any atom is 0.408 e. The quantitative estimate of drug-likeness (QED) is 0.826. The summed E-state index contributed by atoms with van der Waals surface area (Å²) in [5, 5.41) is 11.6. The van der Waals surface area contributed by atoms with E-state index in [1.165, 1.54) is 6.92 Å². The molecule has 1 rings (SSSR count). The van der Waals surface area contributed by atoms with Crippen LogP contribution < -0.4 is 5.32 Å². The number of alkyl halides is 3. The highest BCUT2D eigenvalue weighted by Crippen LogP contribution is 2.26. The van der Waals surface area contributed by atoms with Crippen molar-refractivity contribution in [1.82, 2.24) is 5.32 Å². The average Bonchev–Trinajstić information content (AvgIpc) is 2.36. The number of nitrogens with one attached hydrogen (secondary N) is 1. The Bertz CT molecular complexity index is 489. The van der Waals surface area contributed by atoms with Crippen molar-refractivity contribution in [3.05, 3.63) is 35.9 Å². The third kappa shape index (κ3) is 4.74. The van der Waals surface area contributed by atoms with Gasteiger partial charge in [0.2, 0.25) is 3.79 Å². The van der Waals surface area contributed by atoms with Crippen molar-refractivity contribution in [2.45, 2.75) is 16.3 Å². The summed E-state index contributed by atoms with van der Waals surface area (Å²) in [6.45, 7) is 0.843. The number of hydrogen-bond donors (Lipinski definition) is 2. The van der Waals surface area contributed by atoms with E-state index in [4.69, 9.17) is 34.8 Å². The molecule has 0 saturated heterocycles. The van der Waals surface area contributed by atoms with Gasteiger partial charge in [-0.15, -0.1) is 0 Å². The van der Waals surface area contributed by atoms with E-state index < -0.39 is 28.0 Å². The zero-order valence-corrected chi connectivity index (χ0v) is 12.7. The van der Waals surface area contributed by atoms with E-state index in [1.807, 2.05) is 0 Å². The lowest BCUT2D eigenvalue weighted by Gasteiger charge is -2.26. The van der Waals surface area contributed by atoms with Crippen LogP contribution in [-0.4, -0.2) is 27.6 Å². The first-order valence-electron chi connectivity index (χ1n) is 5.46. The molecule has 0 radical (unpaired) electrons. The smallest absolute Gasteiger partial charge is 0.408 e. The Kier molecular flexibility index (Phi) is 5.50. The lowest BCUT2D eigenvalue weighted by molar-refractivity contribution is -0.144. The van der Waals surface area contributed by atoms with Crippen molar-refractivity contribution < 1.29 is 19.4 Å². The Balaban J connectivity index is 2.83. The van der Waals surface area contributed by atoms with Crippen LogP contribution in [0.5, 0.6) is 0 Å². The molecule has 110 valence electrons. The molecule has 1 amide bonds. The highest BCUT2D eigenvalue weighted by Gasteiger charge is 2.37. The lowest BCUT2D eigenvalue weighted by Crippen LogP contribution is -2.50. The molecule has 0 heterocycles. The number of carbonyl (C=O) groups is 2. The van der Waals surface area contributed by atoms with E-state index in [0.29, 0.717) is 5.56 Å². The summed E-state index contributed by atoms with van der Waals surface area (Å²) in [4.78, 5) is 23.0. The van der Waals surface area contributed by atoms with Gasteiger partial charge >= 0.3 is 12.1 Å². The van der Waals surface area contributed by atoms with Gasteiger partial charge in [-0.3, -0.25) is 0 Å². The van der Waals surface area contributed by atoms with Gasteiger partial charge in [-0.25, -0.2) is 9.59 Å². The first-order valence-corrected chi connectivity index (χ1v) is 6.59. The molecule has 0 aromatic heterocycles. The van der Waals surface area contributed by atoms with Gasteiger partial charge in [0.15, 0.2) is 5.54 Å². The topological polar surface area (TPSA) is 75.6 Å². The molecule has 2 N–H and O–H groups in total. The number of alkyl carbamates (subject to hydrolysis) is 1. The van der Waals surface area contributed by atoms with E-state index in [0.717, 1.165) is 0 Å². The number of amides is 1. The van der Waals surface area contributed by atoms with Crippen LogP contribution in [0.15, 0.2) is 30.3 Å². The van der Waals surface area contributed by atoms with Crippen molar-refractivity contribution in [3.63, 3.8) is 0 Å². The number of carbonyl (C=O) groups excluding carboxylic acids is 1. The first-order chi connectivity index (χ1) is 9.15. The lowest BCUT2D eigenvalue weighted by atomic mass is 9.92. The molecule has 0 aliphatic rings.